The number of aromatic nitrogens is 1. The molecule has 1 aliphatic rings. The van der Waals surface area contributed by atoms with E-state index in [1.54, 1.807) is 17.3 Å². The molecule has 3 amide bonds. The lowest BCUT2D eigenvalue weighted by molar-refractivity contribution is -0.117. The number of nitrogens with one attached hydrogen (secondary N) is 2. The Kier molecular flexibility index (Phi) is 8.84. The highest BCUT2D eigenvalue weighted by molar-refractivity contribution is 7.89. The number of nitrogens with two attached hydrogens (primary N) is 1. The number of rotatable bonds is 10. The van der Waals surface area contributed by atoms with Crippen LogP contribution in [-0.2, 0) is 14.8 Å². The van der Waals surface area contributed by atoms with Gasteiger partial charge in [0.2, 0.25) is 15.9 Å². The Balaban J connectivity index is 1.96. The van der Waals surface area contributed by atoms with E-state index in [0.29, 0.717) is 18.7 Å². The lowest BCUT2D eigenvalue weighted by Crippen LogP contribution is -2.45. The van der Waals surface area contributed by atoms with Crippen molar-refractivity contribution in [1.29, 1.82) is 0 Å². The van der Waals surface area contributed by atoms with E-state index in [4.69, 9.17) is 5.73 Å². The molecule has 0 unspecified atom stereocenters. The van der Waals surface area contributed by atoms with Crippen LogP contribution in [0, 0.1) is 6.92 Å². The highest BCUT2D eigenvalue weighted by Gasteiger charge is 2.26. The number of hydrogen-bond donors (Lipinski definition) is 3. The number of sulfonamides is 1. The summed E-state index contributed by atoms with van der Waals surface area (Å²) in [4.78, 5) is 29.5. The summed E-state index contributed by atoms with van der Waals surface area (Å²) < 4.78 is 26.5. The maximum absolute atomic E-state index is 12.9. The molecule has 0 aliphatic heterocycles. The van der Waals surface area contributed by atoms with Crippen LogP contribution in [0.5, 0.6) is 0 Å². The zero-order valence-electron chi connectivity index (χ0n) is 16.9. The average molecular weight is 426 g/mol. The van der Waals surface area contributed by atoms with Gasteiger partial charge >= 0.3 is 6.03 Å². The van der Waals surface area contributed by atoms with Crippen LogP contribution in [-0.4, -0.2) is 55.1 Å². The van der Waals surface area contributed by atoms with E-state index in [0.717, 1.165) is 37.7 Å². The molecule has 9 nitrogen and oxygen atoms in total. The smallest absolute Gasteiger partial charge is 0.322 e. The fraction of sp³-hybridized carbons (Fsp3) is 0.632. The monoisotopic (exact) mass is 425 g/mol. The highest BCUT2D eigenvalue weighted by Crippen LogP contribution is 2.24. The number of nitrogens with zero attached hydrogens (tertiary/aromatic N) is 2. The normalized spacial score (nSPS) is 15.1. The van der Waals surface area contributed by atoms with Gasteiger partial charge in [0.15, 0.2) is 0 Å². The molecule has 1 aromatic rings. The van der Waals surface area contributed by atoms with Crippen molar-refractivity contribution >= 4 is 27.6 Å². The second-order valence-electron chi connectivity index (χ2n) is 7.39. The third-order valence-electron chi connectivity index (χ3n) is 5.06. The van der Waals surface area contributed by atoms with Crippen molar-refractivity contribution in [3.8, 4) is 0 Å². The molecule has 29 heavy (non-hydrogen) atoms. The Labute approximate surface area is 172 Å². The molecule has 1 aromatic heterocycles. The molecule has 162 valence electrons. The zero-order chi connectivity index (χ0) is 21.3. The first-order chi connectivity index (χ1) is 13.8. The van der Waals surface area contributed by atoms with Gasteiger partial charge in [-0.15, -0.1) is 0 Å². The molecule has 0 radical (unpaired) electrons. The minimum Gasteiger partial charge on any atom is -0.370 e. The van der Waals surface area contributed by atoms with Gasteiger partial charge in [-0.2, -0.15) is 0 Å². The molecule has 10 heteroatoms. The molecule has 0 aromatic carbocycles. The molecule has 0 atom stereocenters. The van der Waals surface area contributed by atoms with Crippen molar-refractivity contribution in [2.24, 2.45) is 5.73 Å². The van der Waals surface area contributed by atoms with E-state index in [1.165, 1.54) is 0 Å². The predicted octanol–water partition coefficient (Wildman–Crippen LogP) is 1.74. The number of pyridine rings is 1. The van der Waals surface area contributed by atoms with E-state index in [9.17, 15) is 18.0 Å². The first kappa shape index (κ1) is 23.1. The van der Waals surface area contributed by atoms with Gasteiger partial charge in [0.05, 0.1) is 17.6 Å². The summed E-state index contributed by atoms with van der Waals surface area (Å²) in [6.45, 7) is 2.23. The number of hydrogen-bond acceptors (Lipinski definition) is 5. The lowest BCUT2D eigenvalue weighted by Gasteiger charge is -2.34. The SMILES string of the molecule is Cc1ccncc1NC(=O)N(CCCS(=O)(=O)NCCC(N)=O)C1CCCCC1. The van der Waals surface area contributed by atoms with Crippen LogP contribution in [0.4, 0.5) is 10.5 Å². The van der Waals surface area contributed by atoms with Crippen LogP contribution in [0.2, 0.25) is 0 Å². The lowest BCUT2D eigenvalue weighted by atomic mass is 9.94. The predicted molar refractivity (Wildman–Crippen MR) is 112 cm³/mol. The minimum absolute atomic E-state index is 0.00915. The molecule has 1 aliphatic carbocycles. The summed E-state index contributed by atoms with van der Waals surface area (Å²) in [5.41, 5.74) is 6.59. The van der Waals surface area contributed by atoms with E-state index < -0.39 is 15.9 Å². The van der Waals surface area contributed by atoms with Gasteiger partial charge < -0.3 is 16.0 Å². The highest BCUT2D eigenvalue weighted by atomic mass is 32.2. The third-order valence-corrected chi connectivity index (χ3v) is 6.53. The Morgan fingerprint density at radius 2 is 2.00 bits per heavy atom. The molecular formula is C19H31N5O4S. The molecule has 4 N–H and O–H groups in total. The van der Waals surface area contributed by atoms with Crippen LogP contribution < -0.4 is 15.8 Å². The molecule has 1 saturated carbocycles. The van der Waals surface area contributed by atoms with Crippen molar-refractivity contribution in [1.82, 2.24) is 14.6 Å². The Morgan fingerprint density at radius 1 is 1.28 bits per heavy atom. The van der Waals surface area contributed by atoms with Gasteiger partial charge in [0, 0.05) is 31.7 Å². The van der Waals surface area contributed by atoms with Gasteiger partial charge in [-0.3, -0.25) is 9.78 Å². The summed E-state index contributed by atoms with van der Waals surface area (Å²) in [6, 6.07) is 1.70. The van der Waals surface area contributed by atoms with Crippen LogP contribution in [0.3, 0.4) is 0 Å². The quantitative estimate of drug-likeness (QED) is 0.525. The largest absolute Gasteiger partial charge is 0.370 e. The fourth-order valence-electron chi connectivity index (χ4n) is 3.45. The zero-order valence-corrected chi connectivity index (χ0v) is 17.7. The van der Waals surface area contributed by atoms with Crippen molar-refractivity contribution in [3.63, 3.8) is 0 Å². The molecule has 2 rings (SSSR count). The molecule has 0 bridgehead atoms. The molecular weight excluding hydrogens is 394 g/mol. The van der Waals surface area contributed by atoms with Gasteiger partial charge in [0.25, 0.3) is 0 Å². The molecule has 1 fully saturated rings. The van der Waals surface area contributed by atoms with E-state index in [1.807, 2.05) is 13.0 Å². The van der Waals surface area contributed by atoms with Crippen molar-refractivity contribution in [3.05, 3.63) is 24.0 Å². The minimum atomic E-state index is -3.52. The average Bonchev–Trinajstić information content (AvgIpc) is 2.67. The van der Waals surface area contributed by atoms with Gasteiger partial charge in [0.1, 0.15) is 0 Å². The van der Waals surface area contributed by atoms with Gasteiger partial charge in [-0.05, 0) is 37.8 Å². The Hall–Kier alpha value is -2.20. The Bertz CT molecular complexity index is 794. The second kappa shape index (κ2) is 11.1. The van der Waals surface area contributed by atoms with Crippen molar-refractivity contribution < 1.29 is 18.0 Å². The summed E-state index contributed by atoms with van der Waals surface area (Å²) in [5.74, 6) is -0.674. The maximum Gasteiger partial charge on any atom is 0.322 e. The van der Waals surface area contributed by atoms with Crippen molar-refractivity contribution in [2.75, 3.05) is 24.2 Å². The van der Waals surface area contributed by atoms with Crippen molar-refractivity contribution in [2.45, 2.75) is 57.9 Å². The summed E-state index contributed by atoms with van der Waals surface area (Å²) >= 11 is 0. The summed E-state index contributed by atoms with van der Waals surface area (Å²) in [6.07, 6.45) is 8.67. The topological polar surface area (TPSA) is 134 Å². The third kappa shape index (κ3) is 7.98. The number of urea groups is 1. The molecule has 0 spiro atoms. The van der Waals surface area contributed by atoms with Gasteiger partial charge in [-0.1, -0.05) is 19.3 Å². The maximum atomic E-state index is 12.9. The number of carbonyl (C=O) groups excluding carboxylic acids is 2. The van der Waals surface area contributed by atoms with Crippen LogP contribution in [0.25, 0.3) is 0 Å². The van der Waals surface area contributed by atoms with Crippen LogP contribution in [0.1, 0.15) is 50.5 Å². The Morgan fingerprint density at radius 3 is 2.66 bits per heavy atom. The van der Waals surface area contributed by atoms with E-state index in [2.05, 4.69) is 15.0 Å². The first-order valence-corrected chi connectivity index (χ1v) is 11.7. The first-order valence-electron chi connectivity index (χ1n) is 10.0. The number of primary amides is 1. The molecule has 1 heterocycles. The van der Waals surface area contributed by atoms with Crippen LogP contribution >= 0.6 is 0 Å². The van der Waals surface area contributed by atoms with Gasteiger partial charge in [-0.25, -0.2) is 17.9 Å². The molecule has 0 saturated heterocycles. The number of aryl methyl sites for hydroxylation is 1. The second-order valence-corrected chi connectivity index (χ2v) is 9.32. The van der Waals surface area contributed by atoms with Crippen LogP contribution in [0.15, 0.2) is 18.5 Å². The summed E-state index contributed by atoms with van der Waals surface area (Å²) in [5, 5.41) is 2.91. The summed E-state index contributed by atoms with van der Waals surface area (Å²) in [7, 11) is -3.52. The number of anilines is 1. The van der Waals surface area contributed by atoms with E-state index >= 15 is 0 Å². The van der Waals surface area contributed by atoms with E-state index in [-0.39, 0.29) is 30.8 Å². The number of amides is 3. The fourth-order valence-corrected chi connectivity index (χ4v) is 4.52. The standard InChI is InChI=1S/C19H31N5O4S/c1-15-8-10-21-14-17(15)23-19(26)24(16-6-3-2-4-7-16)12-5-13-29(27,28)22-11-9-18(20)25/h8,10,14,16,22H,2-7,9,11-13H2,1H3,(H2,20,25)(H,23,26). The number of carbonyl (C=O) groups is 2.